The predicted molar refractivity (Wildman–Crippen MR) is 127 cm³/mol. The Morgan fingerprint density at radius 1 is 1.06 bits per heavy atom. The van der Waals surface area contributed by atoms with Gasteiger partial charge in [0.25, 0.3) is 5.91 Å². The highest BCUT2D eigenvalue weighted by atomic mass is 32.1. The monoisotopic (exact) mass is 482 g/mol. The number of aromatic nitrogens is 1. The summed E-state index contributed by atoms with van der Waals surface area (Å²) in [6.07, 6.45) is 0. The van der Waals surface area contributed by atoms with E-state index in [0.29, 0.717) is 55.7 Å². The van der Waals surface area contributed by atoms with Crippen molar-refractivity contribution in [2.45, 2.75) is 13.5 Å². The Balaban J connectivity index is 1.35. The molecule has 1 amide bonds. The molecular weight excluding hydrogens is 456 g/mol. The first-order chi connectivity index (χ1) is 16.6. The summed E-state index contributed by atoms with van der Waals surface area (Å²) in [5.74, 6) is 0.164. The van der Waals surface area contributed by atoms with Crippen molar-refractivity contribution in [2.75, 3.05) is 39.5 Å². The van der Waals surface area contributed by atoms with Crippen LogP contribution in [0.25, 0.3) is 10.6 Å². The molecule has 0 saturated carbocycles. The number of hydrogen-bond acceptors (Lipinski definition) is 8. The van der Waals surface area contributed by atoms with E-state index in [0.717, 1.165) is 10.6 Å². The number of rotatable bonds is 9. The molecule has 2 aromatic carbocycles. The van der Waals surface area contributed by atoms with Gasteiger partial charge in [-0.15, -0.1) is 11.3 Å². The largest absolute Gasteiger partial charge is 0.490 e. The number of benzene rings is 2. The third-order valence-corrected chi connectivity index (χ3v) is 6.06. The summed E-state index contributed by atoms with van der Waals surface area (Å²) >= 11 is 1.50. The van der Waals surface area contributed by atoms with Gasteiger partial charge < -0.3 is 23.8 Å². The lowest BCUT2D eigenvalue weighted by Gasteiger charge is -2.26. The molecule has 4 rings (SSSR count). The van der Waals surface area contributed by atoms with Crippen LogP contribution in [0.5, 0.6) is 11.5 Å². The second kappa shape index (κ2) is 11.6. The summed E-state index contributed by atoms with van der Waals surface area (Å²) in [5.41, 5.74) is 2.03. The molecule has 0 unspecified atom stereocenters. The second-order valence-electron chi connectivity index (χ2n) is 7.46. The third-order valence-electron chi connectivity index (χ3n) is 5.12. The highest BCUT2D eigenvalue weighted by Gasteiger charge is 2.19. The molecule has 8 nitrogen and oxygen atoms in total. The minimum atomic E-state index is -0.494. The number of ether oxygens (including phenoxy) is 4. The third kappa shape index (κ3) is 6.12. The van der Waals surface area contributed by atoms with Gasteiger partial charge in [0.1, 0.15) is 11.6 Å². The fourth-order valence-corrected chi connectivity index (χ4v) is 4.19. The van der Waals surface area contributed by atoms with Crippen LogP contribution in [0, 0.1) is 0 Å². The molecule has 34 heavy (non-hydrogen) atoms. The zero-order valence-electron chi connectivity index (χ0n) is 18.9. The molecule has 2 heterocycles. The molecule has 9 heteroatoms. The summed E-state index contributed by atoms with van der Waals surface area (Å²) < 4.78 is 22.0. The Labute approximate surface area is 202 Å². The molecule has 3 aromatic rings. The van der Waals surface area contributed by atoms with E-state index in [4.69, 9.17) is 18.9 Å². The van der Waals surface area contributed by atoms with E-state index in [9.17, 15) is 9.59 Å². The molecule has 1 fully saturated rings. The van der Waals surface area contributed by atoms with Crippen LogP contribution in [0.2, 0.25) is 0 Å². The van der Waals surface area contributed by atoms with Gasteiger partial charge in [-0.05, 0) is 25.1 Å². The first-order valence-electron chi connectivity index (χ1n) is 11.1. The molecule has 1 aromatic heterocycles. The number of carbonyl (C=O) groups excluding carboxylic acids is 2. The van der Waals surface area contributed by atoms with Crippen molar-refractivity contribution in [1.29, 1.82) is 0 Å². The number of thiazole rings is 1. The van der Waals surface area contributed by atoms with Crippen LogP contribution in [0.15, 0.2) is 53.9 Å². The first-order valence-corrected chi connectivity index (χ1v) is 11.9. The summed E-state index contributed by atoms with van der Waals surface area (Å²) in [7, 11) is 0. The molecule has 1 aliphatic heterocycles. The summed E-state index contributed by atoms with van der Waals surface area (Å²) in [5, 5.41) is 2.75. The minimum Gasteiger partial charge on any atom is -0.490 e. The van der Waals surface area contributed by atoms with Crippen LogP contribution in [0.1, 0.15) is 23.0 Å². The standard InChI is InChI=1S/C25H26N2O6S/c1-2-31-22-14-19(8-9-21(22)32-16-23(28)27-10-12-30-13-11-27)25(29)33-15-20-17-34-24(26-20)18-6-4-3-5-7-18/h3-9,14,17H,2,10-13,15-16H2,1H3. The molecule has 0 N–H and O–H groups in total. The van der Waals surface area contributed by atoms with Crippen LogP contribution >= 0.6 is 11.3 Å². The van der Waals surface area contributed by atoms with E-state index >= 15 is 0 Å². The minimum absolute atomic E-state index is 0.0679. The average Bonchev–Trinajstić information content (AvgIpc) is 3.37. The van der Waals surface area contributed by atoms with E-state index < -0.39 is 5.97 Å². The topological polar surface area (TPSA) is 87.2 Å². The first kappa shape index (κ1) is 23.7. The number of morpholine rings is 1. The number of esters is 1. The number of amides is 1. The predicted octanol–water partition coefficient (Wildman–Crippen LogP) is 3.80. The molecule has 0 spiro atoms. The van der Waals surface area contributed by atoms with Gasteiger partial charge in [-0.25, -0.2) is 9.78 Å². The van der Waals surface area contributed by atoms with Crippen LogP contribution < -0.4 is 9.47 Å². The highest BCUT2D eigenvalue weighted by molar-refractivity contribution is 7.13. The van der Waals surface area contributed by atoms with E-state index in [1.54, 1.807) is 23.1 Å². The zero-order chi connectivity index (χ0) is 23.8. The van der Waals surface area contributed by atoms with E-state index in [1.807, 2.05) is 42.6 Å². The van der Waals surface area contributed by atoms with Gasteiger partial charge in [0.05, 0.1) is 31.1 Å². The van der Waals surface area contributed by atoms with E-state index in [2.05, 4.69) is 4.98 Å². The zero-order valence-corrected chi connectivity index (χ0v) is 19.7. The molecule has 178 valence electrons. The lowest BCUT2D eigenvalue weighted by molar-refractivity contribution is -0.137. The summed E-state index contributed by atoms with van der Waals surface area (Å²) in [6.45, 7) is 4.33. The van der Waals surface area contributed by atoms with Crippen LogP contribution in [0.3, 0.4) is 0 Å². The number of nitrogens with zero attached hydrogens (tertiary/aromatic N) is 2. The maximum Gasteiger partial charge on any atom is 0.338 e. The Morgan fingerprint density at radius 3 is 2.62 bits per heavy atom. The lowest BCUT2D eigenvalue weighted by atomic mass is 10.2. The van der Waals surface area contributed by atoms with Crippen molar-refractivity contribution >= 4 is 23.2 Å². The van der Waals surface area contributed by atoms with Crippen LogP contribution in [0.4, 0.5) is 0 Å². The van der Waals surface area contributed by atoms with Crippen molar-refractivity contribution in [3.63, 3.8) is 0 Å². The van der Waals surface area contributed by atoms with Crippen LogP contribution in [-0.2, 0) is 20.9 Å². The highest BCUT2D eigenvalue weighted by Crippen LogP contribution is 2.29. The maximum atomic E-state index is 12.6. The van der Waals surface area contributed by atoms with Gasteiger partial charge in [0.15, 0.2) is 18.1 Å². The second-order valence-corrected chi connectivity index (χ2v) is 8.32. The van der Waals surface area contributed by atoms with Gasteiger partial charge in [-0.3, -0.25) is 4.79 Å². The quantitative estimate of drug-likeness (QED) is 0.429. The molecule has 1 aliphatic rings. The normalized spacial score (nSPS) is 13.4. The Bertz CT molecular complexity index is 1110. The van der Waals surface area contributed by atoms with Crippen LogP contribution in [-0.4, -0.2) is 61.3 Å². The Hall–Kier alpha value is -3.43. The molecule has 0 aliphatic carbocycles. The fraction of sp³-hybridized carbons (Fsp3) is 0.320. The maximum absolute atomic E-state index is 12.6. The number of carbonyl (C=O) groups is 2. The molecule has 1 saturated heterocycles. The summed E-state index contributed by atoms with van der Waals surface area (Å²) in [4.78, 5) is 31.2. The summed E-state index contributed by atoms with van der Waals surface area (Å²) in [6, 6.07) is 14.6. The van der Waals surface area contributed by atoms with E-state index in [1.165, 1.54) is 11.3 Å². The van der Waals surface area contributed by atoms with E-state index in [-0.39, 0.29) is 19.1 Å². The van der Waals surface area contributed by atoms with Gasteiger partial charge in [-0.2, -0.15) is 0 Å². The lowest BCUT2D eigenvalue weighted by Crippen LogP contribution is -2.43. The van der Waals surface area contributed by atoms with Gasteiger partial charge in [0.2, 0.25) is 0 Å². The van der Waals surface area contributed by atoms with Crippen molar-refractivity contribution in [1.82, 2.24) is 9.88 Å². The average molecular weight is 483 g/mol. The fourth-order valence-electron chi connectivity index (χ4n) is 3.38. The molecule has 0 atom stereocenters. The van der Waals surface area contributed by atoms with Crippen molar-refractivity contribution in [3.05, 3.63) is 65.2 Å². The number of hydrogen-bond donors (Lipinski definition) is 0. The molecular formula is C25H26N2O6S. The molecule has 0 bridgehead atoms. The SMILES string of the molecule is CCOc1cc(C(=O)OCc2csc(-c3ccccc3)n2)ccc1OCC(=O)N1CCOCC1. The van der Waals surface area contributed by atoms with Crippen molar-refractivity contribution in [3.8, 4) is 22.1 Å². The van der Waals surface area contributed by atoms with Crippen molar-refractivity contribution in [2.24, 2.45) is 0 Å². The van der Waals surface area contributed by atoms with Gasteiger partial charge in [0, 0.05) is 24.0 Å². The van der Waals surface area contributed by atoms with Crippen molar-refractivity contribution < 1.29 is 28.5 Å². The van der Waals surface area contributed by atoms with Gasteiger partial charge >= 0.3 is 5.97 Å². The van der Waals surface area contributed by atoms with Gasteiger partial charge in [-0.1, -0.05) is 30.3 Å². The Kier molecular flexibility index (Phi) is 8.11. The molecule has 0 radical (unpaired) electrons. The smallest absolute Gasteiger partial charge is 0.338 e. The Morgan fingerprint density at radius 2 is 1.85 bits per heavy atom.